The number of aromatic amines is 1. The highest BCUT2D eigenvalue weighted by Gasteiger charge is 2.35. The van der Waals surface area contributed by atoms with E-state index in [1.54, 1.807) is 18.1 Å². The number of halogens is 4. The summed E-state index contributed by atoms with van der Waals surface area (Å²) >= 11 is 0. The Balaban J connectivity index is 1.86. The summed E-state index contributed by atoms with van der Waals surface area (Å²) in [4.78, 5) is 28.1. The fourth-order valence-electron chi connectivity index (χ4n) is 2.46. The topological polar surface area (TPSA) is 99.8 Å². The molecule has 0 aliphatic rings. The van der Waals surface area contributed by atoms with Crippen LogP contribution in [0.3, 0.4) is 0 Å². The van der Waals surface area contributed by atoms with Crippen LogP contribution in [-0.2, 0) is 6.18 Å². The molecule has 29 heavy (non-hydrogen) atoms. The average molecular weight is 407 g/mol. The lowest BCUT2D eigenvalue weighted by Crippen LogP contribution is -2.20. The minimum Gasteiger partial charge on any atom is -0.321 e. The summed E-state index contributed by atoms with van der Waals surface area (Å²) in [5, 5.41) is 9.56. The van der Waals surface area contributed by atoms with Gasteiger partial charge in [0.25, 0.3) is 11.8 Å². The van der Waals surface area contributed by atoms with Gasteiger partial charge in [0.15, 0.2) is 0 Å². The highest BCUT2D eigenvalue weighted by Crippen LogP contribution is 2.27. The van der Waals surface area contributed by atoms with E-state index in [2.05, 4.69) is 20.7 Å². The first-order chi connectivity index (χ1) is 13.7. The molecule has 0 radical (unpaired) electrons. The van der Waals surface area contributed by atoms with Gasteiger partial charge in [0.2, 0.25) is 11.8 Å². The molecule has 11 heteroatoms. The number of para-hydroxylation sites is 1. The molecular weight excluding hydrogens is 394 g/mol. The maximum Gasteiger partial charge on any atom is 0.451 e. The van der Waals surface area contributed by atoms with Crippen molar-refractivity contribution in [3.05, 3.63) is 70.8 Å². The molecule has 0 atom stereocenters. The van der Waals surface area contributed by atoms with E-state index in [1.165, 1.54) is 30.3 Å². The number of nitrogens with one attached hydrogen (secondary N) is 3. The Kier molecular flexibility index (Phi) is 5.31. The molecule has 2 aromatic carbocycles. The summed E-state index contributed by atoms with van der Waals surface area (Å²) < 4.78 is 51.6. The number of benzene rings is 2. The minimum absolute atomic E-state index is 0.0620. The van der Waals surface area contributed by atoms with Gasteiger partial charge in [0.05, 0.1) is 16.8 Å². The first-order valence-corrected chi connectivity index (χ1v) is 8.13. The SMILES string of the molecule is Cc1cccc(C(=O)Nc2n[nH]c(C(F)(F)F)n2)c1NC(=O)c1ccccc1F. The molecule has 0 aliphatic carbocycles. The van der Waals surface area contributed by atoms with Crippen LogP contribution < -0.4 is 10.6 Å². The largest absolute Gasteiger partial charge is 0.451 e. The lowest BCUT2D eigenvalue weighted by molar-refractivity contribution is -0.144. The number of amides is 2. The zero-order valence-corrected chi connectivity index (χ0v) is 14.8. The minimum atomic E-state index is -4.75. The van der Waals surface area contributed by atoms with E-state index in [0.717, 1.165) is 6.07 Å². The summed E-state index contributed by atoms with van der Waals surface area (Å²) in [7, 11) is 0. The zero-order chi connectivity index (χ0) is 21.2. The fourth-order valence-corrected chi connectivity index (χ4v) is 2.46. The number of anilines is 2. The van der Waals surface area contributed by atoms with Crippen LogP contribution in [0.1, 0.15) is 32.1 Å². The quantitative estimate of drug-likeness (QED) is 0.573. The van der Waals surface area contributed by atoms with Crippen LogP contribution in [-0.4, -0.2) is 27.0 Å². The number of carbonyl (C=O) groups excluding carboxylic acids is 2. The smallest absolute Gasteiger partial charge is 0.321 e. The first kappa shape index (κ1) is 20.0. The normalized spacial score (nSPS) is 11.2. The van der Waals surface area contributed by atoms with Gasteiger partial charge >= 0.3 is 6.18 Å². The number of carbonyl (C=O) groups is 2. The van der Waals surface area contributed by atoms with Crippen LogP contribution in [0.15, 0.2) is 42.5 Å². The van der Waals surface area contributed by atoms with Gasteiger partial charge in [0.1, 0.15) is 5.82 Å². The molecule has 0 bridgehead atoms. The first-order valence-electron chi connectivity index (χ1n) is 8.13. The van der Waals surface area contributed by atoms with Gasteiger partial charge < -0.3 is 5.32 Å². The van der Waals surface area contributed by atoms with Crippen molar-refractivity contribution in [3.63, 3.8) is 0 Å². The molecule has 0 saturated heterocycles. The molecule has 2 amide bonds. The molecule has 7 nitrogen and oxygen atoms in total. The van der Waals surface area contributed by atoms with Crippen LogP contribution in [0.4, 0.5) is 29.2 Å². The Bertz CT molecular complexity index is 1080. The third-order valence-electron chi connectivity index (χ3n) is 3.85. The number of hydrogen-bond acceptors (Lipinski definition) is 4. The van der Waals surface area contributed by atoms with Crippen LogP contribution >= 0.6 is 0 Å². The van der Waals surface area contributed by atoms with E-state index >= 15 is 0 Å². The van der Waals surface area contributed by atoms with Gasteiger partial charge in [0, 0.05) is 0 Å². The molecule has 0 aliphatic heterocycles. The van der Waals surface area contributed by atoms with Gasteiger partial charge in [-0.25, -0.2) is 4.39 Å². The molecule has 1 aromatic heterocycles. The molecule has 0 unspecified atom stereocenters. The predicted octanol–water partition coefficient (Wildman–Crippen LogP) is 3.78. The van der Waals surface area contributed by atoms with Crippen molar-refractivity contribution in [2.24, 2.45) is 0 Å². The molecule has 3 rings (SSSR count). The van der Waals surface area contributed by atoms with Gasteiger partial charge in [-0.1, -0.05) is 24.3 Å². The van der Waals surface area contributed by atoms with E-state index in [1.807, 2.05) is 0 Å². The third kappa shape index (κ3) is 4.39. The van der Waals surface area contributed by atoms with E-state index in [-0.39, 0.29) is 16.8 Å². The molecule has 3 N–H and O–H groups in total. The molecule has 0 spiro atoms. The van der Waals surface area contributed by atoms with Crippen LogP contribution in [0.2, 0.25) is 0 Å². The van der Waals surface area contributed by atoms with Crippen LogP contribution in [0.5, 0.6) is 0 Å². The molecular formula is C18H13F4N5O2. The van der Waals surface area contributed by atoms with E-state index in [0.29, 0.717) is 5.56 Å². The van der Waals surface area contributed by atoms with Crippen molar-refractivity contribution in [1.29, 1.82) is 0 Å². The highest BCUT2D eigenvalue weighted by atomic mass is 19.4. The maximum absolute atomic E-state index is 13.8. The zero-order valence-electron chi connectivity index (χ0n) is 14.8. The third-order valence-corrected chi connectivity index (χ3v) is 3.85. The molecule has 1 heterocycles. The van der Waals surface area contributed by atoms with E-state index in [9.17, 15) is 27.2 Å². The van der Waals surface area contributed by atoms with Gasteiger partial charge in [-0.15, -0.1) is 5.10 Å². The van der Waals surface area contributed by atoms with Crippen molar-refractivity contribution < 1.29 is 27.2 Å². The Morgan fingerprint density at radius 1 is 0.966 bits per heavy atom. The average Bonchev–Trinajstić information content (AvgIpc) is 3.12. The maximum atomic E-state index is 13.8. The van der Waals surface area contributed by atoms with E-state index in [4.69, 9.17) is 0 Å². The highest BCUT2D eigenvalue weighted by molar-refractivity contribution is 6.12. The molecule has 0 fully saturated rings. The Morgan fingerprint density at radius 3 is 2.28 bits per heavy atom. The van der Waals surface area contributed by atoms with Crippen molar-refractivity contribution in [2.75, 3.05) is 10.6 Å². The second-order valence-electron chi connectivity index (χ2n) is 5.89. The summed E-state index contributed by atoms with van der Waals surface area (Å²) in [6.07, 6.45) is -4.75. The van der Waals surface area contributed by atoms with Crippen molar-refractivity contribution in [2.45, 2.75) is 13.1 Å². The Morgan fingerprint density at radius 2 is 1.62 bits per heavy atom. The summed E-state index contributed by atoms with van der Waals surface area (Å²) in [5.74, 6) is -4.35. The van der Waals surface area contributed by atoms with Crippen molar-refractivity contribution in [1.82, 2.24) is 15.2 Å². The number of nitrogens with zero attached hydrogens (tertiary/aromatic N) is 2. The second kappa shape index (κ2) is 7.70. The standard InChI is InChI=1S/C18H13F4N5O2/c1-9-5-4-7-11(13(9)23-14(28)10-6-2-3-8-12(10)19)15(29)24-17-25-16(26-27-17)18(20,21)22/h2-8H,1H3,(H,23,28)(H2,24,25,26,27,29). The molecule has 150 valence electrons. The number of alkyl halides is 3. The Hall–Kier alpha value is -3.76. The van der Waals surface area contributed by atoms with Gasteiger partial charge in [-0.2, -0.15) is 18.2 Å². The summed E-state index contributed by atoms with van der Waals surface area (Å²) in [6.45, 7) is 1.60. The number of aryl methyl sites for hydroxylation is 1. The van der Waals surface area contributed by atoms with E-state index < -0.39 is 35.6 Å². The van der Waals surface area contributed by atoms with Crippen LogP contribution in [0.25, 0.3) is 0 Å². The monoisotopic (exact) mass is 407 g/mol. The molecule has 0 saturated carbocycles. The predicted molar refractivity (Wildman–Crippen MR) is 94.9 cm³/mol. The number of hydrogen-bond donors (Lipinski definition) is 3. The molecule has 3 aromatic rings. The Labute approximate surface area is 161 Å². The lowest BCUT2D eigenvalue weighted by Gasteiger charge is -2.13. The van der Waals surface area contributed by atoms with Crippen LogP contribution in [0, 0.1) is 12.7 Å². The van der Waals surface area contributed by atoms with Gasteiger partial charge in [-0.3, -0.25) is 20.0 Å². The summed E-state index contributed by atoms with van der Waals surface area (Å²) in [5.41, 5.74) is 0.261. The van der Waals surface area contributed by atoms with Crippen molar-refractivity contribution in [3.8, 4) is 0 Å². The number of H-pyrrole nitrogens is 1. The second-order valence-corrected chi connectivity index (χ2v) is 5.89. The number of rotatable bonds is 4. The van der Waals surface area contributed by atoms with Gasteiger partial charge in [-0.05, 0) is 30.7 Å². The number of aromatic nitrogens is 3. The lowest BCUT2D eigenvalue weighted by atomic mass is 10.1. The van der Waals surface area contributed by atoms with Crippen molar-refractivity contribution >= 4 is 23.5 Å². The summed E-state index contributed by atoms with van der Waals surface area (Å²) in [6, 6.07) is 9.74. The fraction of sp³-hybridized carbons (Fsp3) is 0.111.